The number of nitrogens with zero attached hydrogens (tertiary/aromatic N) is 3. The minimum atomic E-state index is -3.58. The maximum absolute atomic E-state index is 16.1. The molecule has 5 rings (SSSR count). The fraction of sp³-hybridized carbons (Fsp3) is 0.639. The number of halogens is 2. The van der Waals surface area contributed by atoms with Gasteiger partial charge in [-0.3, -0.25) is 4.79 Å². The molecule has 3 heterocycles. The van der Waals surface area contributed by atoms with Gasteiger partial charge < -0.3 is 29.2 Å². The summed E-state index contributed by atoms with van der Waals surface area (Å²) in [5.41, 5.74) is -1.77. The molecule has 1 aliphatic carbocycles. The Morgan fingerprint density at radius 1 is 1.18 bits per heavy atom. The number of hydrogen-bond donors (Lipinski definition) is 1. The number of rotatable bonds is 5. The van der Waals surface area contributed by atoms with Crippen LogP contribution in [0, 0.1) is 23.2 Å². The van der Waals surface area contributed by atoms with Crippen LogP contribution in [0.15, 0.2) is 30.4 Å². The highest BCUT2D eigenvalue weighted by Crippen LogP contribution is 2.50. The van der Waals surface area contributed by atoms with Crippen molar-refractivity contribution in [3.8, 4) is 11.6 Å². The van der Waals surface area contributed by atoms with Crippen LogP contribution >= 0.6 is 0 Å². The Kier molecular flexibility index (Phi) is 10.1. The van der Waals surface area contributed by atoms with Gasteiger partial charge in [0.2, 0.25) is 11.8 Å². The average molecular weight is 687 g/mol. The zero-order valence-electron chi connectivity index (χ0n) is 29.5. The van der Waals surface area contributed by atoms with Gasteiger partial charge >= 0.3 is 18.0 Å². The van der Waals surface area contributed by atoms with Crippen LogP contribution in [0.25, 0.3) is 11.0 Å². The molecule has 3 aliphatic rings. The maximum Gasteiger partial charge on any atom is 0.408 e. The largest absolute Gasteiger partial charge is 0.497 e. The van der Waals surface area contributed by atoms with E-state index in [1.807, 2.05) is 20.8 Å². The Bertz CT molecular complexity index is 1610. The monoisotopic (exact) mass is 686 g/mol. The van der Waals surface area contributed by atoms with E-state index < -0.39 is 70.6 Å². The first-order chi connectivity index (χ1) is 23.0. The Morgan fingerprint density at radius 2 is 1.92 bits per heavy atom. The van der Waals surface area contributed by atoms with Crippen molar-refractivity contribution in [1.82, 2.24) is 20.2 Å². The minimum Gasteiger partial charge on any atom is -0.497 e. The van der Waals surface area contributed by atoms with Gasteiger partial charge in [0, 0.05) is 17.9 Å². The number of carbonyl (C=O) groups excluding carboxylic acids is 3. The molecule has 268 valence electrons. The number of methoxy groups -OCH3 is 1. The number of carbonyl (C=O) groups is 3. The van der Waals surface area contributed by atoms with E-state index in [1.54, 1.807) is 45.9 Å². The van der Waals surface area contributed by atoms with E-state index >= 15 is 8.78 Å². The van der Waals surface area contributed by atoms with Crippen LogP contribution in [-0.2, 0) is 25.0 Å². The molecular weight excluding hydrogens is 638 g/mol. The third kappa shape index (κ3) is 7.75. The van der Waals surface area contributed by atoms with Crippen LogP contribution in [0.4, 0.5) is 13.6 Å². The molecular formula is C36H48F2N4O7. The molecule has 49 heavy (non-hydrogen) atoms. The number of benzene rings is 1. The summed E-state index contributed by atoms with van der Waals surface area (Å²) in [6, 6.07) is 2.53. The van der Waals surface area contributed by atoms with Crippen molar-refractivity contribution in [2.24, 2.45) is 23.2 Å². The third-order valence-corrected chi connectivity index (χ3v) is 9.63. The van der Waals surface area contributed by atoms with Crippen molar-refractivity contribution >= 4 is 29.0 Å². The summed E-state index contributed by atoms with van der Waals surface area (Å²) in [6.07, 6.45) is 2.21. The predicted octanol–water partition coefficient (Wildman–Crippen LogP) is 6.18. The summed E-state index contributed by atoms with van der Waals surface area (Å²) in [6.45, 7) is 12.8. The SMILES string of the molecule is CCC1C2CN(C(=O)C(C(C)(C)C)NC(=O)OC3(C)CC3CCC=CC(F)(F)c3nc4ccc(OC)cc4nc3O2)C1C(=O)OCC(C)C. The number of amides is 2. The molecule has 1 saturated heterocycles. The van der Waals surface area contributed by atoms with E-state index in [0.717, 1.165) is 6.08 Å². The third-order valence-electron chi connectivity index (χ3n) is 9.63. The first kappa shape index (κ1) is 36.3. The molecule has 2 aliphatic heterocycles. The summed E-state index contributed by atoms with van der Waals surface area (Å²) < 4.78 is 55.3. The lowest BCUT2D eigenvalue weighted by Crippen LogP contribution is -2.57. The van der Waals surface area contributed by atoms with Crippen LogP contribution in [-0.4, -0.2) is 76.9 Å². The van der Waals surface area contributed by atoms with E-state index in [4.69, 9.17) is 18.9 Å². The second kappa shape index (κ2) is 13.7. The summed E-state index contributed by atoms with van der Waals surface area (Å²) >= 11 is 0. The second-order valence-electron chi connectivity index (χ2n) is 15.1. The molecule has 2 amide bonds. The van der Waals surface area contributed by atoms with E-state index in [2.05, 4.69) is 15.3 Å². The van der Waals surface area contributed by atoms with Crippen LogP contribution in [0.5, 0.6) is 11.6 Å². The van der Waals surface area contributed by atoms with Crippen molar-refractivity contribution in [2.45, 2.75) is 104 Å². The van der Waals surface area contributed by atoms with Crippen molar-refractivity contribution in [3.05, 3.63) is 36.0 Å². The van der Waals surface area contributed by atoms with E-state index in [0.29, 0.717) is 31.4 Å². The lowest BCUT2D eigenvalue weighted by molar-refractivity contribution is -0.157. The fourth-order valence-corrected chi connectivity index (χ4v) is 6.68. The smallest absolute Gasteiger partial charge is 0.408 e. The Hall–Kier alpha value is -4.03. The zero-order chi connectivity index (χ0) is 35.9. The van der Waals surface area contributed by atoms with E-state index in [1.165, 1.54) is 18.1 Å². The quantitative estimate of drug-likeness (QED) is 0.290. The number of allylic oxidation sites excluding steroid dienone is 2. The lowest BCUT2D eigenvalue weighted by atomic mass is 9.85. The highest BCUT2D eigenvalue weighted by Gasteiger charge is 2.55. The molecule has 13 heteroatoms. The van der Waals surface area contributed by atoms with E-state index in [9.17, 15) is 14.4 Å². The molecule has 1 N–H and O–H groups in total. The summed E-state index contributed by atoms with van der Waals surface area (Å²) in [7, 11) is 1.48. The highest BCUT2D eigenvalue weighted by molar-refractivity contribution is 5.91. The summed E-state index contributed by atoms with van der Waals surface area (Å²) in [4.78, 5) is 51.7. The topological polar surface area (TPSA) is 129 Å². The number of fused-ring (bicyclic) bond motifs is 5. The molecule has 2 aromatic rings. The van der Waals surface area contributed by atoms with Gasteiger partial charge in [0.25, 0.3) is 0 Å². The van der Waals surface area contributed by atoms with Gasteiger partial charge in [-0.25, -0.2) is 19.6 Å². The van der Waals surface area contributed by atoms with Gasteiger partial charge in [-0.2, -0.15) is 8.78 Å². The Labute approximate surface area is 286 Å². The molecule has 0 radical (unpaired) electrons. The predicted molar refractivity (Wildman–Crippen MR) is 177 cm³/mol. The molecule has 2 bridgehead atoms. The first-order valence-corrected chi connectivity index (χ1v) is 17.0. The van der Waals surface area contributed by atoms with Crippen LogP contribution in [0.2, 0.25) is 0 Å². The number of aromatic nitrogens is 2. The van der Waals surface area contributed by atoms with E-state index in [-0.39, 0.29) is 36.0 Å². The van der Waals surface area contributed by atoms with Crippen LogP contribution in [0.3, 0.4) is 0 Å². The lowest BCUT2D eigenvalue weighted by Gasteiger charge is -2.35. The standard InChI is InChI=1S/C36H48F2N4O7/c1-9-23-26-18-42(27(23)32(44)47-19-20(2)3)31(43)29(34(4,5)6)41-33(45)49-35(7)17-21(35)12-10-11-15-36(37,38)28-30(48-26)40-25-16-22(46-8)13-14-24(25)39-28/h11,13-16,20-21,23,26-27,29H,9-10,12,17-19H2,1-8H3,(H,41,45). The molecule has 6 atom stereocenters. The van der Waals surface area contributed by atoms with Crippen molar-refractivity contribution in [3.63, 3.8) is 0 Å². The summed E-state index contributed by atoms with van der Waals surface area (Å²) in [5.74, 6) is -5.39. The second-order valence-corrected chi connectivity index (χ2v) is 15.1. The minimum absolute atomic E-state index is 0.0263. The number of alkyl halides is 2. The average Bonchev–Trinajstić information content (AvgIpc) is 3.51. The van der Waals surface area contributed by atoms with Gasteiger partial charge in [0.15, 0.2) is 5.69 Å². The van der Waals surface area contributed by atoms with Crippen LogP contribution < -0.4 is 14.8 Å². The number of esters is 1. The molecule has 1 aromatic carbocycles. The number of ether oxygens (including phenoxy) is 4. The Balaban J connectivity index is 1.64. The number of alkyl carbamates (subject to hydrolysis) is 1. The molecule has 1 aromatic heterocycles. The maximum atomic E-state index is 16.1. The Morgan fingerprint density at radius 3 is 2.57 bits per heavy atom. The van der Waals surface area contributed by atoms with Crippen molar-refractivity contribution in [1.29, 1.82) is 0 Å². The van der Waals surface area contributed by atoms with Gasteiger partial charge in [-0.15, -0.1) is 0 Å². The zero-order valence-corrected chi connectivity index (χ0v) is 29.5. The molecule has 6 unspecified atom stereocenters. The molecule has 0 spiro atoms. The normalized spacial score (nSPS) is 28.8. The first-order valence-electron chi connectivity index (χ1n) is 17.0. The van der Waals surface area contributed by atoms with Gasteiger partial charge in [-0.05, 0) is 62.1 Å². The molecule has 2 fully saturated rings. The number of nitrogens with one attached hydrogen (secondary N) is 1. The van der Waals surface area contributed by atoms with Gasteiger partial charge in [-0.1, -0.05) is 47.6 Å². The van der Waals surface area contributed by atoms with Gasteiger partial charge in [0.05, 0.1) is 31.3 Å². The summed E-state index contributed by atoms with van der Waals surface area (Å²) in [5, 5.41) is 2.78. The molecule has 11 nitrogen and oxygen atoms in total. The van der Waals surface area contributed by atoms with Crippen LogP contribution in [0.1, 0.15) is 79.8 Å². The highest BCUT2D eigenvalue weighted by atomic mass is 19.3. The molecule has 1 saturated carbocycles. The van der Waals surface area contributed by atoms with Gasteiger partial charge in [0.1, 0.15) is 29.5 Å². The fourth-order valence-electron chi connectivity index (χ4n) is 6.68. The number of hydrogen-bond acceptors (Lipinski definition) is 9. The van der Waals surface area contributed by atoms with Crippen molar-refractivity contribution in [2.75, 3.05) is 20.3 Å². The van der Waals surface area contributed by atoms with Crippen molar-refractivity contribution < 1.29 is 42.1 Å².